The number of carbonyl (C=O) groups is 1. The molecule has 5 rings (SSSR count). The predicted octanol–water partition coefficient (Wildman–Crippen LogP) is 6.36. The minimum Gasteiger partial charge on any atom is -0.508 e. The molecule has 0 aromatic heterocycles. The zero-order chi connectivity index (χ0) is 28.9. The van der Waals surface area contributed by atoms with Crippen LogP contribution in [0.5, 0.6) is 11.5 Å². The molecule has 1 unspecified atom stereocenters. The van der Waals surface area contributed by atoms with Gasteiger partial charge in [0.1, 0.15) is 29.1 Å². The molecule has 1 N–H and O–H groups in total. The molecule has 0 aliphatic carbocycles. The molecule has 6 nitrogen and oxygen atoms in total. The molecule has 1 heterocycles. The van der Waals surface area contributed by atoms with Gasteiger partial charge in [0.15, 0.2) is 0 Å². The zero-order valence-corrected chi connectivity index (χ0v) is 23.3. The molecule has 1 aliphatic heterocycles. The standard InChI is InChI=1S/C35H34N2O4/c1-34(2,37-23-31(24-37)40-30-20-12-19-29(38)21-30)22-32(41-33(39)26-13-6-3-7-14-26)35(25-36,27-15-8-4-9-16-27)28-17-10-5-11-18-28/h3-21,31-32,38H,22-24H2,1-2H3. The highest BCUT2D eigenvalue weighted by molar-refractivity contribution is 5.89. The van der Waals surface area contributed by atoms with E-state index in [2.05, 4.69) is 24.8 Å². The smallest absolute Gasteiger partial charge is 0.338 e. The van der Waals surface area contributed by atoms with Crippen LogP contribution in [0.3, 0.4) is 0 Å². The van der Waals surface area contributed by atoms with Gasteiger partial charge in [-0.1, -0.05) is 84.9 Å². The summed E-state index contributed by atoms with van der Waals surface area (Å²) in [6, 6.07) is 37.5. The lowest BCUT2D eigenvalue weighted by atomic mass is 9.68. The first-order valence-corrected chi connectivity index (χ1v) is 13.8. The molecule has 1 fully saturated rings. The van der Waals surface area contributed by atoms with Crippen molar-refractivity contribution < 1.29 is 19.4 Å². The number of likely N-dealkylation sites (tertiary alicyclic amines) is 1. The number of phenolic OH excluding ortho intramolecular Hbond substituents is 1. The average molecular weight is 547 g/mol. The molecule has 1 aliphatic rings. The quantitative estimate of drug-likeness (QED) is 0.233. The SMILES string of the molecule is CC(C)(CC(OC(=O)c1ccccc1)C(C#N)(c1ccccc1)c1ccccc1)N1CC(Oc2cccc(O)c2)C1. The fourth-order valence-corrected chi connectivity index (χ4v) is 5.54. The number of hydrogen-bond acceptors (Lipinski definition) is 6. The van der Waals surface area contributed by atoms with Gasteiger partial charge in [0.05, 0.1) is 11.6 Å². The third kappa shape index (κ3) is 5.96. The van der Waals surface area contributed by atoms with Crippen LogP contribution in [0, 0.1) is 11.3 Å². The summed E-state index contributed by atoms with van der Waals surface area (Å²) in [5, 5.41) is 20.8. The monoisotopic (exact) mass is 546 g/mol. The van der Waals surface area contributed by atoms with Crippen molar-refractivity contribution in [2.45, 2.75) is 43.4 Å². The highest BCUT2D eigenvalue weighted by Crippen LogP contribution is 2.42. The Morgan fingerprint density at radius 1 is 0.902 bits per heavy atom. The van der Waals surface area contributed by atoms with Crippen molar-refractivity contribution in [3.8, 4) is 17.6 Å². The van der Waals surface area contributed by atoms with Gasteiger partial charge in [0, 0.05) is 31.1 Å². The minimum absolute atomic E-state index is 0.0367. The Bertz CT molecular complexity index is 1450. The van der Waals surface area contributed by atoms with Crippen LogP contribution in [0.2, 0.25) is 0 Å². The van der Waals surface area contributed by atoms with E-state index >= 15 is 0 Å². The number of phenols is 1. The summed E-state index contributed by atoms with van der Waals surface area (Å²) >= 11 is 0. The highest BCUT2D eigenvalue weighted by Gasteiger charge is 2.50. The van der Waals surface area contributed by atoms with Crippen molar-refractivity contribution in [3.05, 3.63) is 132 Å². The first kappa shape index (κ1) is 27.9. The second-order valence-corrected chi connectivity index (χ2v) is 11.1. The molecular formula is C35H34N2O4. The number of aromatic hydroxyl groups is 1. The number of rotatable bonds is 10. The lowest BCUT2D eigenvalue weighted by molar-refractivity contribution is -0.0665. The van der Waals surface area contributed by atoms with Gasteiger partial charge in [0.25, 0.3) is 0 Å². The summed E-state index contributed by atoms with van der Waals surface area (Å²) in [6.45, 7) is 5.55. The van der Waals surface area contributed by atoms with Crippen molar-refractivity contribution in [2.24, 2.45) is 0 Å². The maximum absolute atomic E-state index is 13.5. The number of hydrogen-bond donors (Lipinski definition) is 1. The van der Waals surface area contributed by atoms with E-state index in [0.717, 1.165) is 11.1 Å². The van der Waals surface area contributed by atoms with Crippen LogP contribution in [0.4, 0.5) is 0 Å². The molecule has 0 radical (unpaired) electrons. The van der Waals surface area contributed by atoms with Crippen LogP contribution in [-0.2, 0) is 10.2 Å². The Morgan fingerprint density at radius 2 is 1.46 bits per heavy atom. The second kappa shape index (κ2) is 11.9. The van der Waals surface area contributed by atoms with E-state index in [-0.39, 0.29) is 11.9 Å². The van der Waals surface area contributed by atoms with Crippen LogP contribution < -0.4 is 4.74 Å². The lowest BCUT2D eigenvalue weighted by Gasteiger charge is -2.50. The van der Waals surface area contributed by atoms with E-state index in [4.69, 9.17) is 9.47 Å². The van der Waals surface area contributed by atoms with Gasteiger partial charge in [-0.3, -0.25) is 4.90 Å². The Morgan fingerprint density at radius 3 is 2.00 bits per heavy atom. The third-order valence-corrected chi connectivity index (χ3v) is 7.89. The van der Waals surface area contributed by atoms with Gasteiger partial charge in [-0.25, -0.2) is 4.79 Å². The van der Waals surface area contributed by atoms with Crippen molar-refractivity contribution in [3.63, 3.8) is 0 Å². The van der Waals surface area contributed by atoms with Gasteiger partial charge in [-0.15, -0.1) is 0 Å². The molecule has 1 atom stereocenters. The fourth-order valence-electron chi connectivity index (χ4n) is 5.54. The average Bonchev–Trinajstić information content (AvgIpc) is 2.97. The van der Waals surface area contributed by atoms with E-state index in [1.807, 2.05) is 72.8 Å². The van der Waals surface area contributed by atoms with Crippen LogP contribution >= 0.6 is 0 Å². The number of carbonyl (C=O) groups excluding carboxylic acids is 1. The van der Waals surface area contributed by atoms with Crippen molar-refractivity contribution in [2.75, 3.05) is 13.1 Å². The Balaban J connectivity index is 1.47. The Kier molecular flexibility index (Phi) is 8.09. The summed E-state index contributed by atoms with van der Waals surface area (Å²) in [5.41, 5.74) is 0.290. The number of ether oxygens (including phenoxy) is 2. The highest BCUT2D eigenvalue weighted by atomic mass is 16.5. The summed E-state index contributed by atoms with van der Waals surface area (Å²) in [6.07, 6.45) is -0.432. The summed E-state index contributed by atoms with van der Waals surface area (Å²) in [5.74, 6) is 0.321. The first-order valence-electron chi connectivity index (χ1n) is 13.8. The molecular weight excluding hydrogens is 512 g/mol. The van der Waals surface area contributed by atoms with E-state index in [0.29, 0.717) is 30.8 Å². The van der Waals surface area contributed by atoms with Gasteiger partial charge >= 0.3 is 5.97 Å². The largest absolute Gasteiger partial charge is 0.508 e. The number of nitriles is 1. The van der Waals surface area contributed by atoms with E-state index < -0.39 is 23.0 Å². The maximum atomic E-state index is 13.5. The Labute approximate surface area is 241 Å². The molecule has 0 saturated carbocycles. The summed E-state index contributed by atoms with van der Waals surface area (Å²) < 4.78 is 12.4. The van der Waals surface area contributed by atoms with E-state index in [1.165, 1.54) is 0 Å². The van der Waals surface area contributed by atoms with E-state index in [1.54, 1.807) is 42.5 Å². The topological polar surface area (TPSA) is 82.8 Å². The summed E-state index contributed by atoms with van der Waals surface area (Å²) in [7, 11) is 0. The molecule has 41 heavy (non-hydrogen) atoms. The van der Waals surface area contributed by atoms with Crippen LogP contribution in [0.15, 0.2) is 115 Å². The second-order valence-electron chi connectivity index (χ2n) is 11.1. The molecule has 6 heteroatoms. The number of nitrogens with zero attached hydrogens (tertiary/aromatic N) is 2. The van der Waals surface area contributed by atoms with Gasteiger partial charge in [-0.05, 0) is 49.2 Å². The van der Waals surface area contributed by atoms with Gasteiger partial charge in [-0.2, -0.15) is 5.26 Å². The van der Waals surface area contributed by atoms with Crippen LogP contribution in [0.25, 0.3) is 0 Å². The molecule has 0 bridgehead atoms. The first-order chi connectivity index (χ1) is 19.8. The van der Waals surface area contributed by atoms with Crippen molar-refractivity contribution >= 4 is 5.97 Å². The van der Waals surface area contributed by atoms with Gasteiger partial charge < -0.3 is 14.6 Å². The number of benzene rings is 4. The normalized spacial score (nSPS) is 14.9. The van der Waals surface area contributed by atoms with Crippen molar-refractivity contribution in [1.82, 2.24) is 4.90 Å². The predicted molar refractivity (Wildman–Crippen MR) is 158 cm³/mol. The molecule has 4 aromatic rings. The fraction of sp³-hybridized carbons (Fsp3) is 0.257. The van der Waals surface area contributed by atoms with Crippen molar-refractivity contribution in [1.29, 1.82) is 5.26 Å². The third-order valence-electron chi connectivity index (χ3n) is 7.89. The number of esters is 1. The van der Waals surface area contributed by atoms with Crippen LogP contribution in [-0.4, -0.2) is 46.8 Å². The zero-order valence-electron chi connectivity index (χ0n) is 23.3. The summed E-state index contributed by atoms with van der Waals surface area (Å²) in [4.78, 5) is 15.8. The molecule has 208 valence electrons. The Hall–Kier alpha value is -4.60. The molecule has 4 aromatic carbocycles. The van der Waals surface area contributed by atoms with Crippen LogP contribution in [0.1, 0.15) is 41.8 Å². The van der Waals surface area contributed by atoms with Gasteiger partial charge in [0.2, 0.25) is 0 Å². The molecule has 1 saturated heterocycles. The maximum Gasteiger partial charge on any atom is 0.338 e. The lowest BCUT2D eigenvalue weighted by Crippen LogP contribution is -2.63. The molecule has 0 amide bonds. The minimum atomic E-state index is -1.24. The molecule has 0 spiro atoms. The van der Waals surface area contributed by atoms with E-state index in [9.17, 15) is 15.2 Å².